The minimum absolute atomic E-state index is 0.210. The molecule has 1 heterocycles. The van der Waals surface area contributed by atoms with Crippen LogP contribution in [0.15, 0.2) is 0 Å². The van der Waals surface area contributed by atoms with Crippen molar-refractivity contribution in [3.63, 3.8) is 0 Å². The summed E-state index contributed by atoms with van der Waals surface area (Å²) < 4.78 is 12.7. The average molecular weight is 324 g/mol. The Morgan fingerprint density at radius 2 is 2.07 bits per heavy atom. The summed E-state index contributed by atoms with van der Waals surface area (Å²) in [6.45, 7) is 2.77. The van der Waals surface area contributed by atoms with E-state index in [0.29, 0.717) is 5.92 Å². The topological polar surface area (TPSA) is 18.5 Å². The van der Waals surface area contributed by atoms with Crippen molar-refractivity contribution in [2.75, 3.05) is 24.2 Å². The van der Waals surface area contributed by atoms with Crippen LogP contribution in [0.4, 0.5) is 0 Å². The lowest BCUT2D eigenvalue weighted by molar-refractivity contribution is -0.0650. The van der Waals surface area contributed by atoms with Crippen LogP contribution < -0.4 is 0 Å². The van der Waals surface area contributed by atoms with Gasteiger partial charge in [0.2, 0.25) is 0 Å². The summed E-state index contributed by atoms with van der Waals surface area (Å²) in [4.78, 5) is 0. The smallest absolute Gasteiger partial charge is 0.0771 e. The zero-order chi connectivity index (χ0) is 10.6. The van der Waals surface area contributed by atoms with Crippen LogP contribution in [-0.4, -0.2) is 29.8 Å². The monoisotopic (exact) mass is 324 g/mol. The number of hydrogen-bond donors (Lipinski definition) is 0. The molecule has 2 nitrogen and oxygen atoms in total. The highest BCUT2D eigenvalue weighted by molar-refractivity contribution is 14.1. The van der Waals surface area contributed by atoms with E-state index in [-0.39, 0.29) is 5.60 Å². The van der Waals surface area contributed by atoms with Crippen molar-refractivity contribution in [1.82, 2.24) is 0 Å². The lowest BCUT2D eigenvalue weighted by atomic mass is 9.86. The summed E-state index contributed by atoms with van der Waals surface area (Å²) >= 11 is 2.49. The maximum Gasteiger partial charge on any atom is 0.0771 e. The van der Waals surface area contributed by atoms with Crippen LogP contribution in [0.3, 0.4) is 0 Å². The number of halogens is 1. The summed E-state index contributed by atoms with van der Waals surface area (Å²) in [6, 6.07) is 0. The molecular formula is C12H21IO2. The van der Waals surface area contributed by atoms with Gasteiger partial charge < -0.3 is 9.47 Å². The Morgan fingerprint density at radius 3 is 2.67 bits per heavy atom. The Hall–Kier alpha value is 0.650. The fourth-order valence-corrected chi connectivity index (χ4v) is 3.51. The first-order valence-electron chi connectivity index (χ1n) is 6.12. The van der Waals surface area contributed by atoms with Gasteiger partial charge in [-0.25, -0.2) is 0 Å². The molecule has 3 heteroatoms. The van der Waals surface area contributed by atoms with Gasteiger partial charge in [-0.3, -0.25) is 0 Å². The molecule has 1 unspecified atom stereocenters. The highest BCUT2D eigenvalue weighted by Gasteiger charge is 2.32. The van der Waals surface area contributed by atoms with Gasteiger partial charge in [0.1, 0.15) is 0 Å². The zero-order valence-corrected chi connectivity index (χ0v) is 11.5. The number of alkyl halides is 1. The molecule has 0 aromatic carbocycles. The molecule has 2 aliphatic rings. The van der Waals surface area contributed by atoms with Crippen molar-refractivity contribution in [2.24, 2.45) is 5.92 Å². The molecule has 1 aliphatic carbocycles. The Bertz CT molecular complexity index is 184. The van der Waals surface area contributed by atoms with Crippen LogP contribution in [0, 0.1) is 5.92 Å². The number of ether oxygens (including phenoxy) is 2. The Kier molecular flexibility index (Phi) is 4.70. The molecule has 0 spiro atoms. The van der Waals surface area contributed by atoms with Gasteiger partial charge in [0.05, 0.1) is 18.8 Å². The van der Waals surface area contributed by atoms with Gasteiger partial charge in [-0.2, -0.15) is 0 Å². The first-order chi connectivity index (χ1) is 7.35. The van der Waals surface area contributed by atoms with Crippen LogP contribution in [0.25, 0.3) is 0 Å². The summed E-state index contributed by atoms with van der Waals surface area (Å²) in [5.74, 6) is 0.659. The standard InChI is InChI=1S/C12H21IO2/c13-10-12(5-2-1-3-6-12)15-9-11-4-7-14-8-11/h11H,1-10H2. The second-order valence-electron chi connectivity index (χ2n) is 4.92. The lowest BCUT2D eigenvalue weighted by Gasteiger charge is -2.36. The molecule has 15 heavy (non-hydrogen) atoms. The fraction of sp³-hybridized carbons (Fsp3) is 1.00. The molecule has 0 bridgehead atoms. The van der Waals surface area contributed by atoms with E-state index in [9.17, 15) is 0 Å². The third-order valence-electron chi connectivity index (χ3n) is 3.66. The maximum absolute atomic E-state index is 6.22. The summed E-state index contributed by atoms with van der Waals surface area (Å²) in [5.41, 5.74) is 0.210. The van der Waals surface area contributed by atoms with E-state index in [1.807, 2.05) is 0 Å². The third-order valence-corrected chi connectivity index (χ3v) is 5.05. The first kappa shape index (κ1) is 12.1. The third kappa shape index (κ3) is 3.30. The quantitative estimate of drug-likeness (QED) is 0.584. The van der Waals surface area contributed by atoms with Gasteiger partial charge in [0.25, 0.3) is 0 Å². The molecule has 0 aromatic heterocycles. The average Bonchev–Trinajstić information content (AvgIpc) is 2.81. The molecule has 1 saturated heterocycles. The number of hydrogen-bond acceptors (Lipinski definition) is 2. The largest absolute Gasteiger partial charge is 0.381 e. The van der Waals surface area contributed by atoms with E-state index in [1.54, 1.807) is 0 Å². The van der Waals surface area contributed by atoms with Crippen LogP contribution in [0.1, 0.15) is 38.5 Å². The van der Waals surface area contributed by atoms with Crippen molar-refractivity contribution in [3.8, 4) is 0 Å². The van der Waals surface area contributed by atoms with Gasteiger partial charge >= 0.3 is 0 Å². The van der Waals surface area contributed by atoms with Crippen LogP contribution in [0.5, 0.6) is 0 Å². The molecular weight excluding hydrogens is 303 g/mol. The zero-order valence-electron chi connectivity index (χ0n) is 9.34. The molecule has 0 aromatic rings. The first-order valence-corrected chi connectivity index (χ1v) is 7.65. The van der Waals surface area contributed by atoms with E-state index >= 15 is 0 Å². The molecule has 2 fully saturated rings. The Labute approximate surface area is 106 Å². The van der Waals surface area contributed by atoms with Crippen LogP contribution in [-0.2, 0) is 9.47 Å². The van der Waals surface area contributed by atoms with Crippen LogP contribution in [0.2, 0.25) is 0 Å². The maximum atomic E-state index is 6.22. The van der Waals surface area contributed by atoms with Crippen molar-refractivity contribution in [3.05, 3.63) is 0 Å². The second-order valence-corrected chi connectivity index (χ2v) is 5.68. The van der Waals surface area contributed by atoms with Gasteiger partial charge in [-0.15, -0.1) is 0 Å². The SMILES string of the molecule is ICC1(OCC2CCOC2)CCCCC1. The highest BCUT2D eigenvalue weighted by Crippen LogP contribution is 2.34. The normalized spacial score (nSPS) is 30.6. The molecule has 88 valence electrons. The summed E-state index contributed by atoms with van der Waals surface area (Å²) in [7, 11) is 0. The molecule has 0 radical (unpaired) electrons. The molecule has 2 rings (SSSR count). The summed E-state index contributed by atoms with van der Waals surface area (Å²) in [6.07, 6.45) is 7.83. The molecule has 1 saturated carbocycles. The Morgan fingerprint density at radius 1 is 1.27 bits per heavy atom. The minimum atomic E-state index is 0.210. The van der Waals surface area contributed by atoms with Crippen molar-refractivity contribution in [1.29, 1.82) is 0 Å². The van der Waals surface area contributed by atoms with Crippen molar-refractivity contribution < 1.29 is 9.47 Å². The number of rotatable bonds is 4. The van der Waals surface area contributed by atoms with Gasteiger partial charge in [-0.1, -0.05) is 41.9 Å². The highest BCUT2D eigenvalue weighted by atomic mass is 127. The van der Waals surface area contributed by atoms with E-state index < -0.39 is 0 Å². The Balaban J connectivity index is 1.78. The van der Waals surface area contributed by atoms with Gasteiger partial charge in [-0.05, 0) is 19.3 Å². The van der Waals surface area contributed by atoms with E-state index in [1.165, 1.54) is 38.5 Å². The molecule has 0 amide bonds. The van der Waals surface area contributed by atoms with Crippen molar-refractivity contribution in [2.45, 2.75) is 44.1 Å². The predicted molar refractivity (Wildman–Crippen MR) is 69.6 cm³/mol. The van der Waals surface area contributed by atoms with Crippen LogP contribution >= 0.6 is 22.6 Å². The van der Waals surface area contributed by atoms with E-state index in [2.05, 4.69) is 22.6 Å². The molecule has 1 atom stereocenters. The molecule has 1 aliphatic heterocycles. The minimum Gasteiger partial charge on any atom is -0.381 e. The van der Waals surface area contributed by atoms with E-state index in [4.69, 9.17) is 9.47 Å². The lowest BCUT2D eigenvalue weighted by Crippen LogP contribution is -2.38. The molecule has 0 N–H and O–H groups in total. The van der Waals surface area contributed by atoms with Gasteiger partial charge in [0, 0.05) is 17.0 Å². The van der Waals surface area contributed by atoms with Gasteiger partial charge in [0.15, 0.2) is 0 Å². The van der Waals surface area contributed by atoms with Crippen molar-refractivity contribution >= 4 is 22.6 Å². The summed E-state index contributed by atoms with van der Waals surface area (Å²) in [5, 5.41) is 0. The predicted octanol–water partition coefficient (Wildman–Crippen LogP) is 3.18. The fourth-order valence-electron chi connectivity index (χ4n) is 2.52. The second kappa shape index (κ2) is 5.82. The van der Waals surface area contributed by atoms with E-state index in [0.717, 1.165) is 24.2 Å².